The van der Waals surface area contributed by atoms with Crippen LogP contribution in [0, 0.1) is 0 Å². The summed E-state index contributed by atoms with van der Waals surface area (Å²) in [6, 6.07) is 0. The van der Waals surface area contributed by atoms with Gasteiger partial charge in [0.05, 0.1) is 6.26 Å². The van der Waals surface area contributed by atoms with Gasteiger partial charge in [0.25, 0.3) is 0 Å². The molecule has 14 heavy (non-hydrogen) atoms. The summed E-state index contributed by atoms with van der Waals surface area (Å²) in [5.74, 6) is -0.329. The van der Waals surface area contributed by atoms with E-state index in [1.165, 1.54) is 6.92 Å². The van der Waals surface area contributed by atoms with Crippen molar-refractivity contribution in [3.8, 4) is 0 Å². The quantitative estimate of drug-likeness (QED) is 0.389. The van der Waals surface area contributed by atoms with Crippen molar-refractivity contribution < 1.29 is 35.9 Å². The number of carbonyl (C=O) groups is 1. The van der Waals surface area contributed by atoms with Gasteiger partial charge in [-0.25, -0.2) is 0 Å². The first-order chi connectivity index (χ1) is 6.02. The second kappa shape index (κ2) is 5.51. The van der Waals surface area contributed by atoms with Gasteiger partial charge in [0, 0.05) is 6.92 Å². The molecule has 0 aromatic carbocycles. The fourth-order valence-corrected chi connectivity index (χ4v) is 0.117. The molecule has 0 radical (unpaired) electrons. The van der Waals surface area contributed by atoms with E-state index in [1.807, 2.05) is 0 Å². The standard InChI is InChI=1S/C4H6O2.C2F6/c1-3-6-4(2)5;3-1(4,5)2(6,7)8/h3H,1H2,2H3;. The number of rotatable bonds is 1. The molecule has 0 amide bonds. The molecule has 0 bridgehead atoms. The Morgan fingerprint density at radius 2 is 1.43 bits per heavy atom. The summed E-state index contributed by atoms with van der Waals surface area (Å²) in [6.45, 7) is 4.48. The topological polar surface area (TPSA) is 26.3 Å². The molecule has 0 atom stereocenters. The van der Waals surface area contributed by atoms with Gasteiger partial charge in [-0.2, -0.15) is 26.3 Å². The number of ether oxygens (including phenoxy) is 1. The summed E-state index contributed by atoms with van der Waals surface area (Å²) in [4.78, 5) is 9.75. The van der Waals surface area contributed by atoms with Crippen LogP contribution in [0.2, 0.25) is 0 Å². The zero-order valence-electron chi connectivity index (χ0n) is 6.87. The van der Waals surface area contributed by atoms with Gasteiger partial charge in [-0.1, -0.05) is 6.58 Å². The minimum absolute atomic E-state index is 0.329. The molecule has 0 aliphatic carbocycles. The minimum Gasteiger partial charge on any atom is -0.435 e. The molecule has 0 saturated heterocycles. The van der Waals surface area contributed by atoms with Crippen molar-refractivity contribution in [2.75, 3.05) is 0 Å². The Morgan fingerprint density at radius 3 is 1.43 bits per heavy atom. The lowest BCUT2D eigenvalue weighted by molar-refractivity contribution is -0.339. The number of hydrogen-bond acceptors (Lipinski definition) is 2. The maximum Gasteiger partial charge on any atom is 0.487 e. The highest BCUT2D eigenvalue weighted by molar-refractivity contribution is 5.66. The summed E-state index contributed by atoms with van der Waals surface area (Å²) in [5, 5.41) is 0. The van der Waals surface area contributed by atoms with Crippen LogP contribution in [0.25, 0.3) is 0 Å². The molecule has 0 aliphatic heterocycles. The molecule has 0 aromatic rings. The first-order valence-electron chi connectivity index (χ1n) is 2.94. The number of carbonyl (C=O) groups excluding carboxylic acids is 1. The molecule has 2 nitrogen and oxygen atoms in total. The van der Waals surface area contributed by atoms with Gasteiger partial charge in [0.15, 0.2) is 0 Å². The molecule has 84 valence electrons. The lowest BCUT2D eigenvalue weighted by Gasteiger charge is -2.08. The van der Waals surface area contributed by atoms with Crippen LogP contribution in [-0.4, -0.2) is 18.3 Å². The molecule has 0 spiro atoms. The van der Waals surface area contributed by atoms with Gasteiger partial charge in [-0.05, 0) is 0 Å². The van der Waals surface area contributed by atoms with Gasteiger partial charge in [-0.3, -0.25) is 4.79 Å². The van der Waals surface area contributed by atoms with Crippen molar-refractivity contribution in [3.05, 3.63) is 12.8 Å². The Balaban J connectivity index is 0. The third-order valence-electron chi connectivity index (χ3n) is 0.571. The van der Waals surface area contributed by atoms with Crippen molar-refractivity contribution in [1.82, 2.24) is 0 Å². The molecular weight excluding hydrogens is 218 g/mol. The van der Waals surface area contributed by atoms with E-state index in [9.17, 15) is 31.1 Å². The molecular formula is C6H6F6O2. The maximum absolute atomic E-state index is 10.4. The van der Waals surface area contributed by atoms with Crippen LogP contribution in [0.1, 0.15) is 6.92 Å². The molecule has 0 fully saturated rings. The van der Waals surface area contributed by atoms with Crippen LogP contribution >= 0.6 is 0 Å². The second-order valence-corrected chi connectivity index (χ2v) is 1.77. The Kier molecular flexibility index (Phi) is 6.01. The van der Waals surface area contributed by atoms with Crippen molar-refractivity contribution in [3.63, 3.8) is 0 Å². The van der Waals surface area contributed by atoms with Crippen molar-refractivity contribution >= 4 is 5.97 Å². The lowest BCUT2D eigenvalue weighted by Crippen LogP contribution is -2.30. The fourth-order valence-electron chi connectivity index (χ4n) is 0.117. The van der Waals surface area contributed by atoms with Crippen molar-refractivity contribution in [2.24, 2.45) is 0 Å². The van der Waals surface area contributed by atoms with Gasteiger partial charge < -0.3 is 4.74 Å². The zero-order valence-corrected chi connectivity index (χ0v) is 6.87. The number of esters is 1. The van der Waals surface area contributed by atoms with E-state index in [-0.39, 0.29) is 5.97 Å². The average molecular weight is 224 g/mol. The van der Waals surface area contributed by atoms with E-state index < -0.39 is 12.4 Å². The molecule has 0 rings (SSSR count). The van der Waals surface area contributed by atoms with Crippen LogP contribution < -0.4 is 0 Å². The number of hydrogen-bond donors (Lipinski definition) is 0. The van der Waals surface area contributed by atoms with E-state index >= 15 is 0 Å². The van der Waals surface area contributed by atoms with Crippen LogP contribution in [0.5, 0.6) is 0 Å². The summed E-state index contributed by atoms with van der Waals surface area (Å²) in [6.07, 6.45) is -11.0. The Hall–Kier alpha value is -1.21. The summed E-state index contributed by atoms with van der Waals surface area (Å²) in [5.41, 5.74) is 0. The van der Waals surface area contributed by atoms with Crippen LogP contribution in [0.4, 0.5) is 26.3 Å². The molecule has 0 unspecified atom stereocenters. The highest BCUT2D eigenvalue weighted by Crippen LogP contribution is 2.35. The van der Waals surface area contributed by atoms with Gasteiger partial charge in [0.1, 0.15) is 0 Å². The van der Waals surface area contributed by atoms with Crippen LogP contribution in [-0.2, 0) is 9.53 Å². The molecule has 0 saturated carbocycles. The van der Waals surface area contributed by atoms with Crippen molar-refractivity contribution in [2.45, 2.75) is 19.3 Å². The molecule has 0 aromatic heterocycles. The summed E-state index contributed by atoms with van der Waals surface area (Å²) < 4.78 is 66.8. The van der Waals surface area contributed by atoms with E-state index in [1.54, 1.807) is 0 Å². The van der Waals surface area contributed by atoms with Gasteiger partial charge in [0.2, 0.25) is 0 Å². The third-order valence-corrected chi connectivity index (χ3v) is 0.571. The predicted molar refractivity (Wildman–Crippen MR) is 34.1 cm³/mol. The molecule has 0 N–H and O–H groups in total. The normalized spacial score (nSPS) is 11.1. The molecule has 0 aliphatic rings. The van der Waals surface area contributed by atoms with Crippen LogP contribution in [0.3, 0.4) is 0 Å². The van der Waals surface area contributed by atoms with Gasteiger partial charge in [-0.15, -0.1) is 0 Å². The zero-order chi connectivity index (χ0) is 12.0. The first kappa shape index (κ1) is 15.3. The Morgan fingerprint density at radius 1 is 1.14 bits per heavy atom. The fraction of sp³-hybridized carbons (Fsp3) is 0.500. The molecule has 8 heteroatoms. The second-order valence-electron chi connectivity index (χ2n) is 1.77. The lowest BCUT2D eigenvalue weighted by atomic mass is 10.7. The SMILES string of the molecule is C=COC(C)=O.FC(F)(F)C(F)(F)F. The minimum atomic E-state index is -6.06. The highest BCUT2D eigenvalue weighted by atomic mass is 19.5. The van der Waals surface area contributed by atoms with E-state index in [0.29, 0.717) is 0 Å². The smallest absolute Gasteiger partial charge is 0.435 e. The van der Waals surface area contributed by atoms with E-state index in [4.69, 9.17) is 0 Å². The Labute approximate surface area is 75.1 Å². The maximum atomic E-state index is 10.4. The van der Waals surface area contributed by atoms with E-state index in [0.717, 1.165) is 6.26 Å². The highest BCUT2D eigenvalue weighted by Gasteiger charge is 2.58. The van der Waals surface area contributed by atoms with E-state index in [2.05, 4.69) is 11.3 Å². The van der Waals surface area contributed by atoms with Gasteiger partial charge >= 0.3 is 18.3 Å². The molecule has 0 heterocycles. The largest absolute Gasteiger partial charge is 0.487 e. The number of alkyl halides is 6. The summed E-state index contributed by atoms with van der Waals surface area (Å²) in [7, 11) is 0. The van der Waals surface area contributed by atoms with Crippen LogP contribution in [0.15, 0.2) is 12.8 Å². The monoisotopic (exact) mass is 224 g/mol. The summed E-state index contributed by atoms with van der Waals surface area (Å²) >= 11 is 0. The Bertz CT molecular complexity index is 179. The number of halogens is 6. The average Bonchev–Trinajstić information content (AvgIpc) is 1.82. The predicted octanol–water partition coefficient (Wildman–Crippen LogP) is 2.80. The first-order valence-corrected chi connectivity index (χ1v) is 2.94. The third kappa shape index (κ3) is 8.88. The van der Waals surface area contributed by atoms with Crippen molar-refractivity contribution in [1.29, 1.82) is 0 Å².